The fourth-order valence-corrected chi connectivity index (χ4v) is 3.28. The average Bonchev–Trinajstić information content (AvgIpc) is 3.17. The van der Waals surface area contributed by atoms with Gasteiger partial charge < -0.3 is 24.8 Å². The van der Waals surface area contributed by atoms with Crippen LogP contribution in [0.2, 0.25) is 0 Å². The number of urea groups is 1. The maximum atomic E-state index is 12.8. The summed E-state index contributed by atoms with van der Waals surface area (Å²) in [5.41, 5.74) is 1.58. The lowest BCUT2D eigenvalue weighted by atomic mass is 9.95. The lowest BCUT2D eigenvalue weighted by Crippen LogP contribution is -2.45. The van der Waals surface area contributed by atoms with Crippen LogP contribution in [0.4, 0.5) is 4.79 Å². The molecule has 0 aromatic heterocycles. The first-order valence-electron chi connectivity index (χ1n) is 9.39. The minimum Gasteiger partial charge on any atom is -0.493 e. The number of benzene rings is 1. The molecule has 1 fully saturated rings. The lowest BCUT2D eigenvalue weighted by Gasteiger charge is -2.29. The predicted octanol–water partition coefficient (Wildman–Crippen LogP) is 2.83. The third-order valence-electron chi connectivity index (χ3n) is 4.61. The maximum absolute atomic E-state index is 12.8. The van der Waals surface area contributed by atoms with E-state index in [0.717, 1.165) is 24.8 Å². The maximum Gasteiger partial charge on any atom is 0.338 e. The van der Waals surface area contributed by atoms with Crippen molar-refractivity contribution in [1.82, 2.24) is 10.6 Å². The van der Waals surface area contributed by atoms with Gasteiger partial charge >= 0.3 is 12.0 Å². The Labute approximate surface area is 159 Å². The van der Waals surface area contributed by atoms with E-state index in [1.54, 1.807) is 6.92 Å². The molecule has 27 heavy (non-hydrogen) atoms. The summed E-state index contributed by atoms with van der Waals surface area (Å²) in [6.45, 7) is 5.19. The lowest BCUT2D eigenvalue weighted by molar-refractivity contribution is -0.142. The third-order valence-corrected chi connectivity index (χ3v) is 4.61. The van der Waals surface area contributed by atoms with Crippen LogP contribution in [-0.4, -0.2) is 37.9 Å². The Morgan fingerprint density at radius 2 is 2.15 bits per heavy atom. The molecule has 0 unspecified atom stereocenters. The highest BCUT2D eigenvalue weighted by Gasteiger charge is 2.34. The Morgan fingerprint density at radius 1 is 1.33 bits per heavy atom. The molecule has 2 heterocycles. The number of esters is 1. The van der Waals surface area contributed by atoms with Gasteiger partial charge in [-0.3, -0.25) is 0 Å². The molecule has 1 aromatic rings. The van der Waals surface area contributed by atoms with Crippen LogP contribution >= 0.6 is 0 Å². The van der Waals surface area contributed by atoms with E-state index >= 15 is 0 Å². The van der Waals surface area contributed by atoms with E-state index < -0.39 is 12.0 Å². The van der Waals surface area contributed by atoms with Gasteiger partial charge in [0.05, 0.1) is 24.3 Å². The van der Waals surface area contributed by atoms with E-state index in [4.69, 9.17) is 14.2 Å². The van der Waals surface area contributed by atoms with Crippen molar-refractivity contribution in [2.45, 2.75) is 45.3 Å². The second kappa shape index (κ2) is 8.90. The summed E-state index contributed by atoms with van der Waals surface area (Å²) in [5, 5.41) is 5.48. The Morgan fingerprint density at radius 3 is 2.89 bits per heavy atom. The Hall–Kier alpha value is -2.54. The first kappa shape index (κ1) is 19.2. The van der Waals surface area contributed by atoms with Crippen molar-refractivity contribution >= 4 is 12.0 Å². The molecule has 0 aliphatic carbocycles. The van der Waals surface area contributed by atoms with Gasteiger partial charge in [-0.25, -0.2) is 9.59 Å². The van der Waals surface area contributed by atoms with E-state index in [9.17, 15) is 9.59 Å². The van der Waals surface area contributed by atoms with Crippen LogP contribution < -0.4 is 15.4 Å². The van der Waals surface area contributed by atoms with Crippen LogP contribution in [0.25, 0.3) is 0 Å². The number of para-hydroxylation sites is 1. The molecule has 0 bridgehead atoms. The standard InChI is InChI=1S/C20H26N2O5/c1-3-10-26-16-9-5-4-8-15(16)18-17(13(2)21-20(24)22-18)19(23)27-12-14-7-6-11-25-14/h4-5,8-9,14,18H,3,6-7,10-12H2,1-2H3,(H2,21,22,24)/t14-,18-/m0/s1. The van der Waals surface area contributed by atoms with E-state index in [0.29, 0.717) is 30.2 Å². The number of amides is 2. The molecule has 2 aliphatic rings. The van der Waals surface area contributed by atoms with E-state index in [-0.39, 0.29) is 18.7 Å². The van der Waals surface area contributed by atoms with Crippen molar-refractivity contribution in [3.8, 4) is 5.75 Å². The van der Waals surface area contributed by atoms with Gasteiger partial charge in [0.1, 0.15) is 12.4 Å². The fraction of sp³-hybridized carbons (Fsp3) is 0.500. The first-order chi connectivity index (χ1) is 13.1. The summed E-state index contributed by atoms with van der Waals surface area (Å²) in [5.74, 6) is 0.176. The molecule has 1 aromatic carbocycles. The average molecular weight is 374 g/mol. The largest absolute Gasteiger partial charge is 0.493 e. The number of rotatable bonds is 7. The van der Waals surface area contributed by atoms with Crippen molar-refractivity contribution < 1.29 is 23.8 Å². The SMILES string of the molecule is CCCOc1ccccc1[C@@H]1NC(=O)NC(C)=C1C(=O)OC[C@@H]1CCCO1. The van der Waals surface area contributed by atoms with Crippen molar-refractivity contribution in [3.63, 3.8) is 0 Å². The fourth-order valence-electron chi connectivity index (χ4n) is 3.28. The molecule has 2 amide bonds. The molecule has 2 aliphatic heterocycles. The molecule has 0 spiro atoms. The van der Waals surface area contributed by atoms with E-state index in [1.807, 2.05) is 31.2 Å². The van der Waals surface area contributed by atoms with Crippen molar-refractivity contribution in [1.29, 1.82) is 0 Å². The van der Waals surface area contributed by atoms with Gasteiger partial charge in [0.2, 0.25) is 0 Å². The van der Waals surface area contributed by atoms with Gasteiger partial charge in [-0.2, -0.15) is 0 Å². The number of ether oxygens (including phenoxy) is 3. The summed E-state index contributed by atoms with van der Waals surface area (Å²) in [6.07, 6.45) is 2.67. The minimum atomic E-state index is -0.635. The van der Waals surface area contributed by atoms with Gasteiger partial charge in [0, 0.05) is 17.9 Å². The molecule has 146 valence electrons. The highest BCUT2D eigenvalue weighted by atomic mass is 16.6. The van der Waals surface area contributed by atoms with Crippen LogP contribution in [-0.2, 0) is 14.3 Å². The van der Waals surface area contributed by atoms with Crippen molar-refractivity contribution in [2.24, 2.45) is 0 Å². The monoisotopic (exact) mass is 374 g/mol. The Kier molecular flexibility index (Phi) is 6.34. The molecule has 3 rings (SSSR count). The smallest absolute Gasteiger partial charge is 0.338 e. The van der Waals surface area contributed by atoms with Gasteiger partial charge in [0.25, 0.3) is 0 Å². The summed E-state index contributed by atoms with van der Waals surface area (Å²) < 4.78 is 16.8. The van der Waals surface area contributed by atoms with Crippen molar-refractivity contribution in [3.05, 3.63) is 41.1 Å². The number of hydrogen-bond acceptors (Lipinski definition) is 5. The Balaban J connectivity index is 1.84. The van der Waals surface area contributed by atoms with E-state index in [2.05, 4.69) is 10.6 Å². The highest BCUT2D eigenvalue weighted by Crippen LogP contribution is 2.33. The van der Waals surface area contributed by atoms with Crippen molar-refractivity contribution in [2.75, 3.05) is 19.8 Å². The normalized spacial score (nSPS) is 22.2. The summed E-state index contributed by atoms with van der Waals surface area (Å²) in [4.78, 5) is 24.9. The second-order valence-electron chi connectivity index (χ2n) is 6.69. The minimum absolute atomic E-state index is 0.0559. The molecule has 2 atom stereocenters. The third kappa shape index (κ3) is 4.60. The number of nitrogens with one attached hydrogen (secondary N) is 2. The molecule has 2 N–H and O–H groups in total. The molecular weight excluding hydrogens is 348 g/mol. The topological polar surface area (TPSA) is 85.9 Å². The molecular formula is C20H26N2O5. The highest BCUT2D eigenvalue weighted by molar-refractivity contribution is 5.95. The number of hydrogen-bond donors (Lipinski definition) is 2. The van der Waals surface area contributed by atoms with Crippen LogP contribution in [0.15, 0.2) is 35.5 Å². The number of carbonyl (C=O) groups is 2. The van der Waals surface area contributed by atoms with Gasteiger partial charge in [0.15, 0.2) is 0 Å². The predicted molar refractivity (Wildman–Crippen MR) is 99.3 cm³/mol. The summed E-state index contributed by atoms with van der Waals surface area (Å²) in [7, 11) is 0. The zero-order chi connectivity index (χ0) is 19.2. The van der Waals surface area contributed by atoms with Crippen LogP contribution in [0, 0.1) is 0 Å². The second-order valence-corrected chi connectivity index (χ2v) is 6.69. The first-order valence-corrected chi connectivity index (χ1v) is 9.39. The zero-order valence-corrected chi connectivity index (χ0v) is 15.7. The number of carbonyl (C=O) groups excluding carboxylic acids is 2. The van der Waals surface area contributed by atoms with E-state index in [1.165, 1.54) is 0 Å². The van der Waals surface area contributed by atoms with Gasteiger partial charge in [-0.15, -0.1) is 0 Å². The molecule has 0 saturated carbocycles. The van der Waals surface area contributed by atoms with Gasteiger partial charge in [-0.05, 0) is 32.3 Å². The summed E-state index contributed by atoms with van der Waals surface area (Å²) in [6, 6.07) is 6.41. The molecule has 0 radical (unpaired) electrons. The zero-order valence-electron chi connectivity index (χ0n) is 15.7. The van der Waals surface area contributed by atoms with Crippen LogP contribution in [0.5, 0.6) is 5.75 Å². The quantitative estimate of drug-likeness (QED) is 0.717. The van der Waals surface area contributed by atoms with Crippen LogP contribution in [0.3, 0.4) is 0 Å². The van der Waals surface area contributed by atoms with Crippen LogP contribution in [0.1, 0.15) is 44.7 Å². The van der Waals surface area contributed by atoms with Gasteiger partial charge in [-0.1, -0.05) is 25.1 Å². The Bertz CT molecular complexity index is 725. The molecule has 1 saturated heterocycles. The number of allylic oxidation sites excluding steroid dienone is 1. The molecule has 7 heteroatoms. The molecule has 7 nitrogen and oxygen atoms in total. The summed E-state index contributed by atoms with van der Waals surface area (Å²) >= 11 is 0.